The van der Waals surface area contributed by atoms with Gasteiger partial charge in [-0.05, 0) is 33.4 Å². The minimum absolute atomic E-state index is 0.288. The molecule has 0 aromatic heterocycles. The van der Waals surface area contributed by atoms with Crippen LogP contribution in [0.15, 0.2) is 18.2 Å². The van der Waals surface area contributed by atoms with Gasteiger partial charge in [0.15, 0.2) is 6.79 Å². The number of hydrogen-bond acceptors (Lipinski definition) is 3. The fourth-order valence-corrected chi connectivity index (χ4v) is 1.74. The Morgan fingerprint density at radius 2 is 2.06 bits per heavy atom. The zero-order valence-corrected chi connectivity index (χ0v) is 11.2. The highest BCUT2D eigenvalue weighted by atomic mass is 16.7. The second-order valence-corrected chi connectivity index (χ2v) is 4.08. The van der Waals surface area contributed by atoms with Gasteiger partial charge >= 0.3 is 0 Å². The summed E-state index contributed by atoms with van der Waals surface area (Å²) in [6, 6.07) is 6.52. The SMILES string of the molecule is CCNC(C)c1cc(C)ccc1OCOCC. The number of nitrogens with one attached hydrogen (secondary N) is 1. The van der Waals surface area contributed by atoms with E-state index in [1.165, 1.54) is 11.1 Å². The molecular weight excluding hydrogens is 214 g/mol. The largest absolute Gasteiger partial charge is 0.467 e. The Balaban J connectivity index is 2.79. The van der Waals surface area contributed by atoms with E-state index in [4.69, 9.17) is 9.47 Å². The van der Waals surface area contributed by atoms with Gasteiger partial charge in [-0.25, -0.2) is 0 Å². The van der Waals surface area contributed by atoms with Gasteiger partial charge in [-0.15, -0.1) is 0 Å². The van der Waals surface area contributed by atoms with Crippen LogP contribution >= 0.6 is 0 Å². The molecule has 3 heteroatoms. The van der Waals surface area contributed by atoms with Crippen LogP contribution in [-0.2, 0) is 4.74 Å². The van der Waals surface area contributed by atoms with Crippen LogP contribution in [0.25, 0.3) is 0 Å². The average molecular weight is 237 g/mol. The van der Waals surface area contributed by atoms with Gasteiger partial charge in [0.05, 0.1) is 0 Å². The Morgan fingerprint density at radius 1 is 1.29 bits per heavy atom. The topological polar surface area (TPSA) is 30.5 Å². The number of ether oxygens (including phenoxy) is 2. The highest BCUT2D eigenvalue weighted by Crippen LogP contribution is 2.26. The molecule has 0 aliphatic heterocycles. The molecule has 0 amide bonds. The van der Waals surface area contributed by atoms with Crippen molar-refractivity contribution in [1.29, 1.82) is 0 Å². The van der Waals surface area contributed by atoms with Crippen molar-refractivity contribution in [2.24, 2.45) is 0 Å². The normalized spacial score (nSPS) is 12.5. The molecule has 96 valence electrons. The lowest BCUT2D eigenvalue weighted by Gasteiger charge is -2.18. The summed E-state index contributed by atoms with van der Waals surface area (Å²) >= 11 is 0. The summed E-state index contributed by atoms with van der Waals surface area (Å²) in [4.78, 5) is 0. The molecule has 17 heavy (non-hydrogen) atoms. The van der Waals surface area contributed by atoms with Crippen LogP contribution < -0.4 is 10.1 Å². The first-order valence-electron chi connectivity index (χ1n) is 6.23. The number of aryl methyl sites for hydroxylation is 1. The molecule has 0 bridgehead atoms. The fraction of sp³-hybridized carbons (Fsp3) is 0.571. The van der Waals surface area contributed by atoms with Crippen LogP contribution in [0.4, 0.5) is 0 Å². The van der Waals surface area contributed by atoms with Crippen LogP contribution in [0.1, 0.15) is 37.9 Å². The lowest BCUT2D eigenvalue weighted by atomic mass is 10.0. The first kappa shape index (κ1) is 14.0. The second kappa shape index (κ2) is 7.30. The third-order valence-corrected chi connectivity index (χ3v) is 2.64. The van der Waals surface area contributed by atoms with Gasteiger partial charge in [0.25, 0.3) is 0 Å². The van der Waals surface area contributed by atoms with Gasteiger partial charge in [-0.2, -0.15) is 0 Å². The number of hydrogen-bond donors (Lipinski definition) is 1. The molecule has 1 atom stereocenters. The molecule has 1 rings (SSSR count). The predicted octanol–water partition coefficient (Wildman–Crippen LogP) is 3.04. The molecular formula is C14H23NO2. The minimum atomic E-state index is 0.288. The summed E-state index contributed by atoms with van der Waals surface area (Å²) in [5.41, 5.74) is 2.43. The van der Waals surface area contributed by atoms with Crippen LogP contribution in [0.2, 0.25) is 0 Å². The lowest BCUT2D eigenvalue weighted by Crippen LogP contribution is -2.19. The van der Waals surface area contributed by atoms with Gasteiger partial charge < -0.3 is 14.8 Å². The fourth-order valence-electron chi connectivity index (χ4n) is 1.74. The Morgan fingerprint density at radius 3 is 2.71 bits per heavy atom. The van der Waals surface area contributed by atoms with Crippen molar-refractivity contribution in [2.75, 3.05) is 19.9 Å². The van der Waals surface area contributed by atoms with E-state index in [1.807, 2.05) is 13.0 Å². The van der Waals surface area contributed by atoms with E-state index in [0.29, 0.717) is 13.4 Å². The van der Waals surface area contributed by atoms with Crippen LogP contribution in [0.5, 0.6) is 5.75 Å². The molecule has 3 nitrogen and oxygen atoms in total. The minimum Gasteiger partial charge on any atom is -0.467 e. The maximum atomic E-state index is 5.64. The second-order valence-electron chi connectivity index (χ2n) is 4.08. The van der Waals surface area contributed by atoms with Crippen molar-refractivity contribution >= 4 is 0 Å². The van der Waals surface area contributed by atoms with Gasteiger partial charge in [0, 0.05) is 18.2 Å². The van der Waals surface area contributed by atoms with Crippen molar-refractivity contribution in [2.45, 2.75) is 33.7 Å². The zero-order valence-electron chi connectivity index (χ0n) is 11.2. The molecule has 0 heterocycles. The third-order valence-electron chi connectivity index (χ3n) is 2.64. The van der Waals surface area contributed by atoms with Crippen LogP contribution in [-0.4, -0.2) is 19.9 Å². The van der Waals surface area contributed by atoms with E-state index < -0.39 is 0 Å². The summed E-state index contributed by atoms with van der Waals surface area (Å²) in [7, 11) is 0. The standard InChI is InChI=1S/C14H23NO2/c1-5-15-12(4)13-9-11(3)7-8-14(13)17-10-16-6-2/h7-9,12,15H,5-6,10H2,1-4H3. The number of rotatable bonds is 7. The van der Waals surface area contributed by atoms with Gasteiger partial charge in [0.2, 0.25) is 0 Å². The Bertz CT molecular complexity index is 339. The third kappa shape index (κ3) is 4.36. The maximum absolute atomic E-state index is 5.64. The monoisotopic (exact) mass is 237 g/mol. The van der Waals surface area contributed by atoms with Crippen molar-refractivity contribution < 1.29 is 9.47 Å². The Labute approximate surface area is 104 Å². The lowest BCUT2D eigenvalue weighted by molar-refractivity contribution is 0.0216. The molecule has 0 aliphatic carbocycles. The zero-order chi connectivity index (χ0) is 12.7. The van der Waals surface area contributed by atoms with Crippen molar-refractivity contribution in [1.82, 2.24) is 5.32 Å². The van der Waals surface area contributed by atoms with E-state index in [1.54, 1.807) is 0 Å². The van der Waals surface area contributed by atoms with Gasteiger partial charge in [-0.1, -0.05) is 24.6 Å². The van der Waals surface area contributed by atoms with Crippen molar-refractivity contribution in [3.05, 3.63) is 29.3 Å². The van der Waals surface area contributed by atoms with E-state index in [9.17, 15) is 0 Å². The quantitative estimate of drug-likeness (QED) is 0.584. The number of benzene rings is 1. The molecule has 0 saturated carbocycles. The molecule has 1 aromatic carbocycles. The molecule has 0 saturated heterocycles. The van der Waals surface area contributed by atoms with Gasteiger partial charge in [0.1, 0.15) is 5.75 Å². The van der Waals surface area contributed by atoms with Gasteiger partial charge in [-0.3, -0.25) is 0 Å². The van der Waals surface area contributed by atoms with E-state index >= 15 is 0 Å². The molecule has 1 N–H and O–H groups in total. The van der Waals surface area contributed by atoms with E-state index in [2.05, 4.69) is 38.2 Å². The Kier molecular flexibility index (Phi) is 6.01. The maximum Gasteiger partial charge on any atom is 0.189 e. The molecule has 0 aliphatic rings. The molecule has 0 radical (unpaired) electrons. The van der Waals surface area contributed by atoms with Crippen molar-refractivity contribution in [3.8, 4) is 5.75 Å². The summed E-state index contributed by atoms with van der Waals surface area (Å²) in [5.74, 6) is 0.900. The van der Waals surface area contributed by atoms with Crippen molar-refractivity contribution in [3.63, 3.8) is 0 Å². The molecule has 1 unspecified atom stereocenters. The molecule has 0 spiro atoms. The summed E-state index contributed by atoms with van der Waals surface area (Å²) in [6.45, 7) is 10.2. The smallest absolute Gasteiger partial charge is 0.189 e. The highest BCUT2D eigenvalue weighted by molar-refractivity contribution is 5.38. The summed E-state index contributed by atoms with van der Waals surface area (Å²) in [5, 5.41) is 3.40. The average Bonchev–Trinajstić information content (AvgIpc) is 2.31. The first-order valence-corrected chi connectivity index (χ1v) is 6.23. The Hall–Kier alpha value is -1.06. The predicted molar refractivity (Wildman–Crippen MR) is 70.4 cm³/mol. The van der Waals surface area contributed by atoms with Crippen LogP contribution in [0, 0.1) is 6.92 Å². The summed E-state index contributed by atoms with van der Waals surface area (Å²) in [6.07, 6.45) is 0. The molecule has 0 fully saturated rings. The highest BCUT2D eigenvalue weighted by Gasteiger charge is 2.10. The first-order chi connectivity index (χ1) is 8.19. The van der Waals surface area contributed by atoms with E-state index in [-0.39, 0.29) is 6.04 Å². The molecule has 1 aromatic rings. The van der Waals surface area contributed by atoms with Crippen LogP contribution in [0.3, 0.4) is 0 Å². The summed E-state index contributed by atoms with van der Waals surface area (Å²) < 4.78 is 10.9. The van der Waals surface area contributed by atoms with E-state index in [0.717, 1.165) is 12.3 Å².